The van der Waals surface area contributed by atoms with E-state index in [0.717, 1.165) is 0 Å². The number of nitro benzene ring substituents is 2. The predicted molar refractivity (Wildman–Crippen MR) is 95.7 cm³/mol. The van der Waals surface area contributed by atoms with Crippen LogP contribution < -0.4 is 15.0 Å². The number of anilines is 3. The highest BCUT2D eigenvalue weighted by Gasteiger charge is 2.27. The highest BCUT2D eigenvalue weighted by molar-refractivity contribution is 6.01. The number of rotatable bonds is 6. The molecule has 27 heavy (non-hydrogen) atoms. The summed E-state index contributed by atoms with van der Waals surface area (Å²) in [5, 5.41) is 32.9. The standard InChI is InChI=1S/C15H14N6O6/c1-19(2)11-7-10(13-14(18-27-17-13)15(11)21(24)25)16-9-6-8(20(22)23)4-5-12(9)26-3/h4-7,16H,1-3H3. The van der Waals surface area contributed by atoms with Gasteiger partial charge in [-0.2, -0.15) is 0 Å². The largest absolute Gasteiger partial charge is 0.495 e. The molecule has 0 atom stereocenters. The molecule has 1 heterocycles. The van der Waals surface area contributed by atoms with E-state index in [1.165, 1.54) is 31.4 Å². The van der Waals surface area contributed by atoms with Crippen LogP contribution in [0.15, 0.2) is 28.9 Å². The van der Waals surface area contributed by atoms with Gasteiger partial charge in [0.2, 0.25) is 5.52 Å². The first kappa shape index (κ1) is 17.8. The Kier molecular flexibility index (Phi) is 4.46. The third-order valence-corrected chi connectivity index (χ3v) is 3.82. The first-order valence-electron chi connectivity index (χ1n) is 7.54. The van der Waals surface area contributed by atoms with E-state index in [0.29, 0.717) is 11.4 Å². The zero-order chi connectivity index (χ0) is 19.7. The average Bonchev–Trinajstić information content (AvgIpc) is 3.10. The van der Waals surface area contributed by atoms with Gasteiger partial charge in [0.05, 0.1) is 28.3 Å². The quantitative estimate of drug-likeness (QED) is 0.504. The molecule has 2 aromatic carbocycles. The number of aromatic nitrogens is 2. The Hall–Kier alpha value is -3.96. The van der Waals surface area contributed by atoms with Crippen molar-refractivity contribution < 1.29 is 19.2 Å². The Morgan fingerprint density at radius 3 is 2.37 bits per heavy atom. The lowest BCUT2D eigenvalue weighted by Gasteiger charge is -2.16. The number of hydrogen-bond acceptors (Lipinski definition) is 10. The summed E-state index contributed by atoms with van der Waals surface area (Å²) in [5.74, 6) is 0.343. The summed E-state index contributed by atoms with van der Waals surface area (Å²) in [4.78, 5) is 23.0. The maximum atomic E-state index is 11.5. The molecule has 12 heteroatoms. The van der Waals surface area contributed by atoms with Crippen LogP contribution in [0.2, 0.25) is 0 Å². The Labute approximate surface area is 151 Å². The molecule has 0 amide bonds. The molecule has 0 aliphatic rings. The van der Waals surface area contributed by atoms with Gasteiger partial charge in [-0.1, -0.05) is 0 Å². The van der Waals surface area contributed by atoms with Crippen molar-refractivity contribution in [2.24, 2.45) is 0 Å². The third kappa shape index (κ3) is 3.15. The van der Waals surface area contributed by atoms with Gasteiger partial charge in [0, 0.05) is 26.2 Å². The molecule has 0 unspecified atom stereocenters. The normalized spacial score (nSPS) is 10.6. The molecule has 0 aliphatic carbocycles. The second kappa shape index (κ2) is 6.74. The molecule has 0 saturated heterocycles. The van der Waals surface area contributed by atoms with E-state index in [1.807, 2.05) is 0 Å². The van der Waals surface area contributed by atoms with Crippen molar-refractivity contribution in [1.82, 2.24) is 10.3 Å². The summed E-state index contributed by atoms with van der Waals surface area (Å²) in [6.45, 7) is 0. The molecule has 0 bridgehead atoms. The topological polar surface area (TPSA) is 150 Å². The second-order valence-corrected chi connectivity index (χ2v) is 5.67. The molecule has 1 aromatic heterocycles. The second-order valence-electron chi connectivity index (χ2n) is 5.67. The van der Waals surface area contributed by atoms with Crippen LogP contribution in [0.3, 0.4) is 0 Å². The van der Waals surface area contributed by atoms with E-state index in [9.17, 15) is 20.2 Å². The van der Waals surface area contributed by atoms with E-state index < -0.39 is 9.85 Å². The van der Waals surface area contributed by atoms with Gasteiger partial charge in [-0.25, -0.2) is 4.63 Å². The van der Waals surface area contributed by atoms with E-state index in [1.54, 1.807) is 19.0 Å². The molecular weight excluding hydrogens is 360 g/mol. The number of nitrogens with zero attached hydrogens (tertiary/aromatic N) is 5. The van der Waals surface area contributed by atoms with Crippen molar-refractivity contribution in [3.05, 3.63) is 44.5 Å². The summed E-state index contributed by atoms with van der Waals surface area (Å²) in [6.07, 6.45) is 0. The van der Waals surface area contributed by atoms with Crippen molar-refractivity contribution in [3.63, 3.8) is 0 Å². The summed E-state index contributed by atoms with van der Waals surface area (Å²) in [5.41, 5.74) is 0.526. The summed E-state index contributed by atoms with van der Waals surface area (Å²) in [6, 6.07) is 5.52. The summed E-state index contributed by atoms with van der Waals surface area (Å²) in [7, 11) is 4.69. The van der Waals surface area contributed by atoms with Gasteiger partial charge in [-0.15, -0.1) is 0 Å². The van der Waals surface area contributed by atoms with Gasteiger partial charge in [0.25, 0.3) is 5.69 Å². The predicted octanol–water partition coefficient (Wildman–Crippen LogP) is 2.86. The zero-order valence-corrected chi connectivity index (χ0v) is 14.5. The van der Waals surface area contributed by atoms with Crippen LogP contribution in [-0.4, -0.2) is 41.4 Å². The van der Waals surface area contributed by atoms with Crippen molar-refractivity contribution >= 4 is 39.5 Å². The summed E-state index contributed by atoms with van der Waals surface area (Å²) >= 11 is 0. The lowest BCUT2D eigenvalue weighted by molar-refractivity contribution is -0.384. The van der Waals surface area contributed by atoms with Crippen LogP contribution in [0.1, 0.15) is 0 Å². The number of methoxy groups -OCH3 is 1. The number of nitro groups is 2. The van der Waals surface area contributed by atoms with Gasteiger partial charge < -0.3 is 15.0 Å². The smallest absolute Gasteiger partial charge is 0.323 e. The van der Waals surface area contributed by atoms with Gasteiger partial charge in [-0.05, 0) is 22.4 Å². The first-order chi connectivity index (χ1) is 12.8. The average molecular weight is 374 g/mol. The molecule has 3 rings (SSSR count). The fourth-order valence-corrected chi connectivity index (χ4v) is 2.58. The minimum Gasteiger partial charge on any atom is -0.495 e. The molecule has 12 nitrogen and oxygen atoms in total. The fraction of sp³-hybridized carbons (Fsp3) is 0.200. The number of benzene rings is 2. The molecule has 0 saturated carbocycles. The highest BCUT2D eigenvalue weighted by Crippen LogP contribution is 2.40. The van der Waals surface area contributed by atoms with Gasteiger partial charge >= 0.3 is 5.69 Å². The minimum absolute atomic E-state index is 0.0434. The van der Waals surface area contributed by atoms with Crippen LogP contribution in [-0.2, 0) is 0 Å². The van der Waals surface area contributed by atoms with E-state index in [2.05, 4.69) is 20.3 Å². The van der Waals surface area contributed by atoms with Gasteiger partial charge in [-0.3, -0.25) is 20.2 Å². The molecule has 1 N–H and O–H groups in total. The van der Waals surface area contributed by atoms with Crippen LogP contribution in [0, 0.1) is 20.2 Å². The van der Waals surface area contributed by atoms with E-state index in [4.69, 9.17) is 4.74 Å². The van der Waals surface area contributed by atoms with E-state index in [-0.39, 0.29) is 33.8 Å². The number of hydrogen-bond donors (Lipinski definition) is 1. The van der Waals surface area contributed by atoms with Crippen molar-refractivity contribution in [2.75, 3.05) is 31.4 Å². The fourth-order valence-electron chi connectivity index (χ4n) is 2.58. The molecule has 140 valence electrons. The van der Waals surface area contributed by atoms with Gasteiger partial charge in [0.15, 0.2) is 5.52 Å². The van der Waals surface area contributed by atoms with Crippen LogP contribution in [0.4, 0.5) is 28.4 Å². The number of nitrogens with one attached hydrogen (secondary N) is 1. The molecule has 0 fully saturated rings. The van der Waals surface area contributed by atoms with Crippen LogP contribution in [0.25, 0.3) is 11.0 Å². The molecule has 0 spiro atoms. The summed E-state index contributed by atoms with van der Waals surface area (Å²) < 4.78 is 9.91. The lowest BCUT2D eigenvalue weighted by Crippen LogP contribution is -2.12. The molecule has 0 radical (unpaired) electrons. The highest BCUT2D eigenvalue weighted by atomic mass is 16.6. The zero-order valence-electron chi connectivity index (χ0n) is 14.5. The van der Waals surface area contributed by atoms with Crippen molar-refractivity contribution in [3.8, 4) is 5.75 Å². The lowest BCUT2D eigenvalue weighted by atomic mass is 10.1. The Bertz CT molecular complexity index is 1050. The Morgan fingerprint density at radius 2 is 1.78 bits per heavy atom. The van der Waals surface area contributed by atoms with Crippen molar-refractivity contribution in [1.29, 1.82) is 0 Å². The number of non-ortho nitro benzene ring substituents is 1. The molecule has 3 aromatic rings. The number of fused-ring (bicyclic) bond motifs is 1. The van der Waals surface area contributed by atoms with Crippen LogP contribution in [0.5, 0.6) is 5.75 Å². The SMILES string of the molecule is COc1ccc([N+](=O)[O-])cc1Nc1cc(N(C)C)c([N+](=O)[O-])c2nonc12. The van der Waals surface area contributed by atoms with E-state index >= 15 is 0 Å². The molecular formula is C15H14N6O6. The number of ether oxygens (including phenoxy) is 1. The monoisotopic (exact) mass is 374 g/mol. The maximum Gasteiger partial charge on any atom is 0.323 e. The Balaban J connectivity index is 2.20. The third-order valence-electron chi connectivity index (χ3n) is 3.82. The maximum absolute atomic E-state index is 11.5. The van der Waals surface area contributed by atoms with Crippen LogP contribution >= 0.6 is 0 Å². The first-order valence-corrected chi connectivity index (χ1v) is 7.54. The van der Waals surface area contributed by atoms with Gasteiger partial charge in [0.1, 0.15) is 11.4 Å². The minimum atomic E-state index is -0.570. The molecule has 0 aliphatic heterocycles. The van der Waals surface area contributed by atoms with Crippen molar-refractivity contribution in [2.45, 2.75) is 0 Å². The Morgan fingerprint density at radius 1 is 1.07 bits per heavy atom.